The van der Waals surface area contributed by atoms with Gasteiger partial charge in [0.25, 0.3) is 0 Å². The number of hydrogen-bond acceptors (Lipinski definition) is 2. The van der Waals surface area contributed by atoms with Gasteiger partial charge in [-0.05, 0) is 35.2 Å². The quantitative estimate of drug-likeness (QED) is 0.384. The molecule has 0 unspecified atom stereocenters. The fourth-order valence-electron chi connectivity index (χ4n) is 4.41. The topological polar surface area (TPSA) is 39.7 Å². The van der Waals surface area contributed by atoms with Crippen molar-refractivity contribution in [1.82, 2.24) is 14.1 Å². The molecule has 0 N–H and O–H groups in total. The summed E-state index contributed by atoms with van der Waals surface area (Å²) in [6.45, 7) is 9.80. The average molecular weight is 430 g/mol. The van der Waals surface area contributed by atoms with E-state index in [0.29, 0.717) is 0 Å². The zero-order chi connectivity index (χ0) is 22.3. The third kappa shape index (κ3) is 4.17. The molecule has 0 fully saturated rings. The monoisotopic (exact) mass is 429 g/mol. The van der Waals surface area contributed by atoms with Gasteiger partial charge < -0.3 is 4.74 Å². The maximum absolute atomic E-state index is 5.97. The lowest BCUT2D eigenvalue weighted by Crippen LogP contribution is -2.34. The van der Waals surface area contributed by atoms with E-state index in [4.69, 9.17) is 9.72 Å². The first-order chi connectivity index (χ1) is 15.4. The lowest BCUT2D eigenvalue weighted by atomic mass is 9.84. The molecule has 6 nitrogen and oxygen atoms in total. The molecule has 0 aliphatic carbocycles. The molecule has 4 aromatic rings. The van der Waals surface area contributed by atoms with Crippen LogP contribution in [0.4, 0.5) is 0 Å². The number of imidazole rings is 2. The standard InChI is InChI=1S/C26H31N5O/c1-26(2,3)22-12-20-14-28-8-10-30(18-28)16-23-6-5-7-24(27-23)17-31-11-9-29(19-31)15-21(13-22)25(20)32-4/h5-13,18-19H,14-17H2,1-4H3/q+2. The predicted octanol–water partition coefficient (Wildman–Crippen LogP) is 3.07. The summed E-state index contributed by atoms with van der Waals surface area (Å²) < 4.78 is 14.8. The van der Waals surface area contributed by atoms with E-state index in [0.717, 1.165) is 43.3 Å². The van der Waals surface area contributed by atoms with E-state index in [1.807, 2.05) is 0 Å². The number of pyridine rings is 1. The van der Waals surface area contributed by atoms with E-state index >= 15 is 0 Å². The van der Waals surface area contributed by atoms with Crippen LogP contribution in [-0.4, -0.2) is 21.2 Å². The summed E-state index contributed by atoms with van der Waals surface area (Å²) in [5.41, 5.74) is 5.90. The highest BCUT2D eigenvalue weighted by Crippen LogP contribution is 2.32. The fraction of sp³-hybridized carbons (Fsp3) is 0.346. The Morgan fingerprint density at radius 3 is 1.88 bits per heavy atom. The van der Waals surface area contributed by atoms with Crippen molar-refractivity contribution in [1.29, 1.82) is 0 Å². The largest absolute Gasteiger partial charge is 0.496 e. The Hall–Kier alpha value is -3.41. The number of benzene rings is 1. The highest BCUT2D eigenvalue weighted by molar-refractivity contribution is 5.46. The van der Waals surface area contributed by atoms with Crippen molar-refractivity contribution in [2.24, 2.45) is 0 Å². The summed E-state index contributed by atoms with van der Waals surface area (Å²) in [6.07, 6.45) is 12.8. The number of nitrogens with zero attached hydrogens (tertiary/aromatic N) is 5. The van der Waals surface area contributed by atoms with Gasteiger partial charge in [0, 0.05) is 11.1 Å². The number of aromatic nitrogens is 5. The van der Waals surface area contributed by atoms with Gasteiger partial charge in [-0.1, -0.05) is 26.8 Å². The molecular weight excluding hydrogens is 398 g/mol. The highest BCUT2D eigenvalue weighted by atomic mass is 16.5. The van der Waals surface area contributed by atoms with Crippen molar-refractivity contribution in [3.63, 3.8) is 0 Å². The van der Waals surface area contributed by atoms with Gasteiger partial charge in [-0.3, -0.25) is 0 Å². The maximum Gasteiger partial charge on any atom is 0.244 e. The van der Waals surface area contributed by atoms with E-state index < -0.39 is 0 Å². The first-order valence-electron chi connectivity index (χ1n) is 11.1. The van der Waals surface area contributed by atoms with Crippen LogP contribution in [0.2, 0.25) is 0 Å². The zero-order valence-electron chi connectivity index (χ0n) is 19.3. The van der Waals surface area contributed by atoms with Crippen LogP contribution in [0.5, 0.6) is 5.75 Å². The van der Waals surface area contributed by atoms with Crippen LogP contribution in [0, 0.1) is 0 Å². The molecule has 8 bridgehead atoms. The average Bonchev–Trinajstić information content (AvgIpc) is 3.36. The molecule has 6 heteroatoms. The zero-order valence-corrected chi connectivity index (χ0v) is 19.3. The number of rotatable bonds is 1. The summed E-state index contributed by atoms with van der Waals surface area (Å²) in [5, 5.41) is 0. The van der Waals surface area contributed by atoms with E-state index in [2.05, 4.69) is 107 Å². The second-order valence-electron chi connectivity index (χ2n) is 9.71. The van der Waals surface area contributed by atoms with Crippen molar-refractivity contribution >= 4 is 0 Å². The third-order valence-electron chi connectivity index (χ3n) is 6.06. The van der Waals surface area contributed by atoms with E-state index in [-0.39, 0.29) is 5.41 Å². The van der Waals surface area contributed by atoms with Crippen LogP contribution in [0.3, 0.4) is 0 Å². The second kappa shape index (κ2) is 7.93. The summed E-state index contributed by atoms with van der Waals surface area (Å²) in [5.74, 6) is 0.970. The fourth-order valence-corrected chi connectivity index (χ4v) is 4.41. The maximum atomic E-state index is 5.97. The highest BCUT2D eigenvalue weighted by Gasteiger charge is 2.22. The van der Waals surface area contributed by atoms with Gasteiger partial charge in [0.2, 0.25) is 12.7 Å². The first-order valence-corrected chi connectivity index (χ1v) is 11.1. The minimum Gasteiger partial charge on any atom is -0.496 e. The van der Waals surface area contributed by atoms with Crippen LogP contribution < -0.4 is 13.9 Å². The van der Waals surface area contributed by atoms with Crippen molar-refractivity contribution in [3.8, 4) is 5.75 Å². The van der Waals surface area contributed by atoms with E-state index in [9.17, 15) is 0 Å². The molecule has 0 spiro atoms. The molecule has 3 aromatic heterocycles. The lowest BCUT2D eigenvalue weighted by Gasteiger charge is -2.23. The van der Waals surface area contributed by atoms with Gasteiger partial charge in [0.1, 0.15) is 56.7 Å². The van der Waals surface area contributed by atoms with Crippen molar-refractivity contribution in [2.75, 3.05) is 7.11 Å². The Kier molecular flexibility index (Phi) is 5.08. The van der Waals surface area contributed by atoms with Crippen LogP contribution in [0.1, 0.15) is 48.8 Å². The number of methoxy groups -OCH3 is 1. The minimum atomic E-state index is 0.0538. The second-order valence-corrected chi connectivity index (χ2v) is 9.71. The predicted molar refractivity (Wildman–Crippen MR) is 122 cm³/mol. The first kappa shape index (κ1) is 20.5. The van der Waals surface area contributed by atoms with E-state index in [1.165, 1.54) is 16.7 Å². The normalized spacial score (nSPS) is 13.8. The molecule has 1 aromatic carbocycles. The SMILES string of the molecule is COc1c2cc(C(C)(C)C)cc1C[n+]1ccn(c1)Cc1cccc(n1)Cn1cc[n+](c1)C2. The van der Waals surface area contributed by atoms with Crippen molar-refractivity contribution in [3.05, 3.63) is 95.9 Å². The summed E-state index contributed by atoms with van der Waals surface area (Å²) >= 11 is 0. The van der Waals surface area contributed by atoms with Gasteiger partial charge >= 0.3 is 0 Å². The summed E-state index contributed by atoms with van der Waals surface area (Å²) in [6, 6.07) is 10.9. The molecule has 0 saturated heterocycles. The van der Waals surface area contributed by atoms with Gasteiger partial charge in [-0.25, -0.2) is 23.3 Å². The van der Waals surface area contributed by atoms with Crippen LogP contribution in [0.15, 0.2) is 67.8 Å². The van der Waals surface area contributed by atoms with Crippen molar-refractivity contribution < 1.29 is 13.9 Å². The molecule has 4 heterocycles. The van der Waals surface area contributed by atoms with Crippen LogP contribution >= 0.6 is 0 Å². The molecule has 32 heavy (non-hydrogen) atoms. The summed E-state index contributed by atoms with van der Waals surface area (Å²) in [4.78, 5) is 4.88. The molecule has 1 aliphatic rings. The Labute approximate surface area is 189 Å². The molecule has 0 radical (unpaired) electrons. The number of fused-ring (bicyclic) bond motifs is 8. The smallest absolute Gasteiger partial charge is 0.244 e. The van der Waals surface area contributed by atoms with E-state index in [1.54, 1.807) is 7.11 Å². The van der Waals surface area contributed by atoms with Crippen LogP contribution in [-0.2, 0) is 31.6 Å². The molecule has 0 saturated carbocycles. The molecule has 5 rings (SSSR count). The Balaban J connectivity index is 1.65. The molecule has 164 valence electrons. The minimum absolute atomic E-state index is 0.0538. The third-order valence-corrected chi connectivity index (χ3v) is 6.06. The lowest BCUT2D eigenvalue weighted by molar-refractivity contribution is -0.688. The molecular formula is C26H31N5O+2. The van der Waals surface area contributed by atoms with Gasteiger partial charge in [0.05, 0.1) is 18.5 Å². The summed E-state index contributed by atoms with van der Waals surface area (Å²) in [7, 11) is 1.78. The molecule has 0 atom stereocenters. The van der Waals surface area contributed by atoms with Gasteiger partial charge in [-0.2, -0.15) is 0 Å². The number of hydrogen-bond donors (Lipinski definition) is 0. The molecule has 1 aliphatic heterocycles. The van der Waals surface area contributed by atoms with Gasteiger partial charge in [-0.15, -0.1) is 0 Å². The van der Waals surface area contributed by atoms with Crippen LogP contribution in [0.25, 0.3) is 0 Å². The van der Waals surface area contributed by atoms with Crippen molar-refractivity contribution in [2.45, 2.75) is 52.4 Å². The molecule has 0 amide bonds. The Morgan fingerprint density at radius 2 is 1.41 bits per heavy atom. The Morgan fingerprint density at radius 1 is 0.875 bits per heavy atom. The number of ether oxygens (including phenoxy) is 1. The van der Waals surface area contributed by atoms with Gasteiger partial charge in [0.15, 0.2) is 0 Å². The Bertz CT molecular complexity index is 1180.